The van der Waals surface area contributed by atoms with Gasteiger partial charge in [-0.2, -0.15) is 4.98 Å². The largest absolute Gasteiger partial charge is 0.441 e. The average Bonchev–Trinajstić information content (AvgIpc) is 2.68. The molecule has 62 valence electrons. The summed E-state index contributed by atoms with van der Waals surface area (Å²) in [7, 11) is 0. The van der Waals surface area contributed by atoms with E-state index in [1.807, 2.05) is 0 Å². The van der Waals surface area contributed by atoms with Crippen LogP contribution < -0.4 is 0 Å². The summed E-state index contributed by atoms with van der Waals surface area (Å²) in [6, 6.07) is 0.686. The van der Waals surface area contributed by atoms with Gasteiger partial charge in [0, 0.05) is 17.8 Å². The highest BCUT2D eigenvalue weighted by atomic mass is 16.3. The summed E-state index contributed by atoms with van der Waals surface area (Å²) < 4.78 is 7.51. The fraction of sp³-hybridized carbons (Fsp3) is 0.444. The van der Waals surface area contributed by atoms with E-state index in [-0.39, 0.29) is 0 Å². The van der Waals surface area contributed by atoms with E-state index >= 15 is 0 Å². The van der Waals surface area contributed by atoms with Gasteiger partial charge in [-0.3, -0.25) is 0 Å². The van der Waals surface area contributed by atoms with E-state index in [1.54, 1.807) is 0 Å². The molecule has 0 atom stereocenters. The zero-order chi connectivity index (χ0) is 8.13. The molecule has 3 nitrogen and oxygen atoms in total. The van der Waals surface area contributed by atoms with Crippen LogP contribution in [0.15, 0.2) is 17.0 Å². The smallest absolute Gasteiger partial charge is 0.183 e. The van der Waals surface area contributed by atoms with Crippen LogP contribution in [-0.4, -0.2) is 9.55 Å². The van der Waals surface area contributed by atoms with Crippen molar-refractivity contribution in [1.82, 2.24) is 9.55 Å². The van der Waals surface area contributed by atoms with Gasteiger partial charge in [-0.25, -0.2) is 0 Å². The van der Waals surface area contributed by atoms with Gasteiger partial charge >= 0.3 is 0 Å². The van der Waals surface area contributed by atoms with E-state index < -0.39 is 0 Å². The number of nitrogens with zero attached hydrogens (tertiary/aromatic N) is 2. The molecule has 0 radical (unpaired) electrons. The fourth-order valence-corrected chi connectivity index (χ4v) is 1.65. The van der Waals surface area contributed by atoms with Gasteiger partial charge in [0.05, 0.1) is 0 Å². The molecule has 0 bridgehead atoms. The van der Waals surface area contributed by atoms with Crippen LogP contribution in [0.3, 0.4) is 0 Å². The average molecular weight is 162 g/mol. The zero-order valence-electron chi connectivity index (χ0n) is 6.95. The number of aromatic nitrogens is 2. The molecule has 0 amide bonds. The Balaban J connectivity index is 2.33. The maximum absolute atomic E-state index is 5.28. The highest BCUT2D eigenvalue weighted by Gasteiger charge is 2.26. The second-order valence-corrected chi connectivity index (χ2v) is 3.46. The minimum Gasteiger partial charge on any atom is -0.441 e. The summed E-state index contributed by atoms with van der Waals surface area (Å²) in [4.78, 5) is 4.20. The minimum atomic E-state index is 0.686. The maximum atomic E-state index is 5.28. The topological polar surface area (TPSA) is 31.0 Å². The van der Waals surface area contributed by atoms with Gasteiger partial charge in [-0.15, -0.1) is 0 Å². The molecular formula is C9H10N2O. The van der Waals surface area contributed by atoms with Crippen LogP contribution in [0.25, 0.3) is 11.2 Å². The van der Waals surface area contributed by atoms with E-state index in [1.165, 1.54) is 24.8 Å². The summed E-state index contributed by atoms with van der Waals surface area (Å²) in [6.45, 7) is 2.06. The molecule has 2 heterocycles. The third-order valence-corrected chi connectivity index (χ3v) is 2.42. The molecule has 1 aliphatic carbocycles. The number of hydrogen-bond acceptors (Lipinski definition) is 2. The standard InChI is InChI=1S/C9H10N2O/c1-6-4-11(7-2-3-7)9-8(6)12-5-10-9/h4-5,7H,2-3H2,1H3. The van der Waals surface area contributed by atoms with E-state index in [2.05, 4.69) is 22.7 Å². The lowest BCUT2D eigenvalue weighted by Gasteiger charge is -1.95. The van der Waals surface area contributed by atoms with E-state index in [0.29, 0.717) is 6.04 Å². The Bertz CT molecular complexity index is 423. The van der Waals surface area contributed by atoms with Crippen molar-refractivity contribution in [2.24, 2.45) is 0 Å². The molecule has 0 saturated heterocycles. The Morgan fingerprint density at radius 3 is 3.17 bits per heavy atom. The Labute approximate surface area is 70.0 Å². The molecule has 0 unspecified atom stereocenters. The highest BCUT2D eigenvalue weighted by Crippen LogP contribution is 2.38. The van der Waals surface area contributed by atoms with Gasteiger partial charge in [0.1, 0.15) is 0 Å². The lowest BCUT2D eigenvalue weighted by molar-refractivity contribution is 0.600. The van der Waals surface area contributed by atoms with Crippen LogP contribution in [0.4, 0.5) is 0 Å². The normalized spacial score (nSPS) is 17.4. The first kappa shape index (κ1) is 6.29. The van der Waals surface area contributed by atoms with Gasteiger partial charge in [-0.1, -0.05) is 0 Å². The Hall–Kier alpha value is -1.25. The van der Waals surface area contributed by atoms with E-state index in [4.69, 9.17) is 4.42 Å². The monoisotopic (exact) mass is 162 g/mol. The Kier molecular flexibility index (Phi) is 1.00. The number of fused-ring (bicyclic) bond motifs is 1. The molecule has 0 N–H and O–H groups in total. The first-order valence-electron chi connectivity index (χ1n) is 4.27. The third kappa shape index (κ3) is 0.682. The predicted octanol–water partition coefficient (Wildman–Crippen LogP) is 2.27. The van der Waals surface area contributed by atoms with Crippen molar-refractivity contribution < 1.29 is 4.42 Å². The molecule has 12 heavy (non-hydrogen) atoms. The van der Waals surface area contributed by atoms with Gasteiger partial charge in [-0.05, 0) is 19.8 Å². The molecule has 2 aromatic rings. The van der Waals surface area contributed by atoms with Crippen LogP contribution in [0.1, 0.15) is 24.4 Å². The summed E-state index contributed by atoms with van der Waals surface area (Å²) in [6.07, 6.45) is 6.24. The van der Waals surface area contributed by atoms with E-state index in [9.17, 15) is 0 Å². The number of hydrogen-bond donors (Lipinski definition) is 0. The lowest BCUT2D eigenvalue weighted by atomic mass is 10.4. The maximum Gasteiger partial charge on any atom is 0.183 e. The zero-order valence-corrected chi connectivity index (χ0v) is 6.95. The van der Waals surface area contributed by atoms with Crippen molar-refractivity contribution in [3.8, 4) is 0 Å². The molecule has 1 fully saturated rings. The molecule has 0 aliphatic heterocycles. The van der Waals surface area contributed by atoms with Crippen LogP contribution in [0.2, 0.25) is 0 Å². The van der Waals surface area contributed by atoms with E-state index in [0.717, 1.165) is 11.2 Å². The lowest BCUT2D eigenvalue weighted by Crippen LogP contribution is -1.90. The predicted molar refractivity (Wildman–Crippen MR) is 45.0 cm³/mol. The minimum absolute atomic E-state index is 0.686. The third-order valence-electron chi connectivity index (χ3n) is 2.42. The first-order chi connectivity index (χ1) is 5.86. The first-order valence-corrected chi connectivity index (χ1v) is 4.27. The molecule has 0 spiro atoms. The summed E-state index contributed by atoms with van der Waals surface area (Å²) in [5.41, 5.74) is 3.14. The fourth-order valence-electron chi connectivity index (χ4n) is 1.65. The summed E-state index contributed by atoms with van der Waals surface area (Å²) >= 11 is 0. The second-order valence-electron chi connectivity index (χ2n) is 3.46. The summed E-state index contributed by atoms with van der Waals surface area (Å²) in [5.74, 6) is 0. The van der Waals surface area contributed by atoms with Crippen LogP contribution in [0.5, 0.6) is 0 Å². The van der Waals surface area contributed by atoms with Crippen molar-refractivity contribution in [2.45, 2.75) is 25.8 Å². The van der Waals surface area contributed by atoms with Crippen LogP contribution in [-0.2, 0) is 0 Å². The van der Waals surface area contributed by atoms with Gasteiger partial charge < -0.3 is 8.98 Å². The van der Waals surface area contributed by atoms with Crippen molar-refractivity contribution in [3.63, 3.8) is 0 Å². The number of oxazole rings is 1. The molecule has 1 saturated carbocycles. The Morgan fingerprint density at radius 2 is 2.42 bits per heavy atom. The second kappa shape index (κ2) is 1.91. The molecule has 0 aromatic carbocycles. The number of rotatable bonds is 1. The number of aryl methyl sites for hydroxylation is 1. The highest BCUT2D eigenvalue weighted by molar-refractivity contribution is 5.73. The Morgan fingerprint density at radius 1 is 1.58 bits per heavy atom. The molecular weight excluding hydrogens is 152 g/mol. The van der Waals surface area contributed by atoms with Crippen LogP contribution in [0, 0.1) is 6.92 Å². The van der Waals surface area contributed by atoms with Crippen molar-refractivity contribution in [2.75, 3.05) is 0 Å². The van der Waals surface area contributed by atoms with Crippen molar-refractivity contribution >= 4 is 11.2 Å². The van der Waals surface area contributed by atoms with Crippen molar-refractivity contribution in [3.05, 3.63) is 18.2 Å². The molecule has 1 aliphatic rings. The van der Waals surface area contributed by atoms with Crippen LogP contribution >= 0.6 is 0 Å². The SMILES string of the molecule is Cc1cn(C2CC2)c2ncoc12. The molecule has 2 aromatic heterocycles. The molecule has 3 rings (SSSR count). The van der Waals surface area contributed by atoms with Gasteiger partial charge in [0.25, 0.3) is 0 Å². The van der Waals surface area contributed by atoms with Gasteiger partial charge in [0.2, 0.25) is 0 Å². The van der Waals surface area contributed by atoms with Crippen molar-refractivity contribution in [1.29, 1.82) is 0 Å². The molecule has 3 heteroatoms. The summed E-state index contributed by atoms with van der Waals surface area (Å²) in [5, 5.41) is 0. The quantitative estimate of drug-likeness (QED) is 0.644. The van der Waals surface area contributed by atoms with Gasteiger partial charge in [0.15, 0.2) is 17.6 Å².